The Morgan fingerprint density at radius 2 is 2.00 bits per heavy atom. The molecule has 3 rings (SSSR count). The fourth-order valence-corrected chi connectivity index (χ4v) is 2.72. The van der Waals surface area contributed by atoms with E-state index < -0.39 is 0 Å². The molecule has 1 aliphatic heterocycles. The number of amides is 2. The van der Waals surface area contributed by atoms with E-state index in [1.807, 2.05) is 31.2 Å². The first-order valence-corrected chi connectivity index (χ1v) is 8.50. The van der Waals surface area contributed by atoms with E-state index in [0.29, 0.717) is 50.0 Å². The van der Waals surface area contributed by atoms with Crippen molar-refractivity contribution >= 4 is 23.8 Å². The van der Waals surface area contributed by atoms with E-state index in [0.717, 1.165) is 12.1 Å². The molecule has 0 unspecified atom stereocenters. The quantitative estimate of drug-likeness (QED) is 0.791. The molecule has 2 amide bonds. The molecular formula is C18H21N5O3. The van der Waals surface area contributed by atoms with Gasteiger partial charge >= 0.3 is 0 Å². The molecule has 1 saturated heterocycles. The zero-order chi connectivity index (χ0) is 18.4. The normalized spacial score (nSPS) is 14.0. The van der Waals surface area contributed by atoms with Gasteiger partial charge in [-0.1, -0.05) is 12.1 Å². The van der Waals surface area contributed by atoms with Crippen molar-refractivity contribution < 1.29 is 14.3 Å². The molecular weight excluding hydrogens is 334 g/mol. The van der Waals surface area contributed by atoms with Gasteiger partial charge in [-0.2, -0.15) is 0 Å². The Bertz CT molecular complexity index is 775. The highest BCUT2D eigenvalue weighted by molar-refractivity contribution is 5.93. The van der Waals surface area contributed by atoms with Crippen LogP contribution in [0.25, 0.3) is 0 Å². The Kier molecular flexibility index (Phi) is 5.62. The molecule has 26 heavy (non-hydrogen) atoms. The highest BCUT2D eigenvalue weighted by Crippen LogP contribution is 2.26. The molecule has 0 spiro atoms. The van der Waals surface area contributed by atoms with Crippen LogP contribution < -0.4 is 10.1 Å². The van der Waals surface area contributed by atoms with Crippen molar-refractivity contribution in [1.29, 1.82) is 0 Å². The molecule has 0 aliphatic carbocycles. The molecule has 1 N–H and O–H groups in total. The van der Waals surface area contributed by atoms with Gasteiger partial charge in [0.25, 0.3) is 5.91 Å². The molecule has 1 fully saturated rings. The summed E-state index contributed by atoms with van der Waals surface area (Å²) >= 11 is 0. The van der Waals surface area contributed by atoms with Crippen LogP contribution in [0, 0.1) is 0 Å². The second-order valence-corrected chi connectivity index (χ2v) is 5.78. The van der Waals surface area contributed by atoms with Gasteiger partial charge in [-0.15, -0.1) is 0 Å². The Labute approximate surface area is 151 Å². The van der Waals surface area contributed by atoms with Crippen LogP contribution in [0.1, 0.15) is 17.4 Å². The Balaban J connectivity index is 1.72. The molecule has 0 bridgehead atoms. The summed E-state index contributed by atoms with van der Waals surface area (Å²) in [5.41, 5.74) is 1.09. The van der Waals surface area contributed by atoms with Gasteiger partial charge in [0.15, 0.2) is 0 Å². The van der Waals surface area contributed by atoms with Gasteiger partial charge in [0, 0.05) is 32.2 Å². The molecule has 8 nitrogen and oxygen atoms in total. The Morgan fingerprint density at radius 1 is 1.23 bits per heavy atom. The lowest BCUT2D eigenvalue weighted by Crippen LogP contribution is -2.48. The van der Waals surface area contributed by atoms with Crippen molar-refractivity contribution in [3.63, 3.8) is 0 Å². The first-order chi connectivity index (χ1) is 12.7. The number of anilines is 2. The fourth-order valence-electron chi connectivity index (χ4n) is 2.72. The maximum Gasteiger partial charge on any atom is 0.272 e. The van der Waals surface area contributed by atoms with Gasteiger partial charge in [-0.25, -0.2) is 9.97 Å². The number of benzene rings is 1. The summed E-state index contributed by atoms with van der Waals surface area (Å²) in [4.78, 5) is 35.1. The summed E-state index contributed by atoms with van der Waals surface area (Å²) < 4.78 is 5.59. The van der Waals surface area contributed by atoms with Gasteiger partial charge in [0.05, 0.1) is 12.3 Å². The third-order valence-electron chi connectivity index (χ3n) is 4.09. The minimum absolute atomic E-state index is 0.168. The van der Waals surface area contributed by atoms with Crippen LogP contribution >= 0.6 is 0 Å². The van der Waals surface area contributed by atoms with Crippen molar-refractivity contribution in [2.75, 3.05) is 38.1 Å². The highest BCUT2D eigenvalue weighted by Gasteiger charge is 2.22. The van der Waals surface area contributed by atoms with Gasteiger partial charge in [-0.05, 0) is 19.1 Å². The number of nitrogens with zero attached hydrogens (tertiary/aromatic N) is 4. The van der Waals surface area contributed by atoms with Gasteiger partial charge in [-0.3, -0.25) is 9.59 Å². The Hall–Kier alpha value is -3.16. The number of aromatic nitrogens is 2. The summed E-state index contributed by atoms with van der Waals surface area (Å²) in [6.45, 7) is 4.54. The second-order valence-electron chi connectivity index (χ2n) is 5.78. The van der Waals surface area contributed by atoms with Crippen LogP contribution in [0.4, 0.5) is 11.5 Å². The van der Waals surface area contributed by atoms with E-state index in [2.05, 4.69) is 15.3 Å². The first kappa shape index (κ1) is 17.7. The summed E-state index contributed by atoms with van der Waals surface area (Å²) in [7, 11) is 0. The standard InChI is InChI=1S/C18H21N5O3/c1-2-26-16-6-4-3-5-14(16)21-17-11-15(19-12-20-17)18(25)23-9-7-22(13-24)8-10-23/h3-6,11-13H,2,7-10H2,1H3,(H,19,20,21). The SMILES string of the molecule is CCOc1ccccc1Nc1cc(C(=O)N2CCN(C=O)CC2)ncn1. The van der Waals surface area contributed by atoms with Gasteiger partial charge in [0.2, 0.25) is 6.41 Å². The first-order valence-electron chi connectivity index (χ1n) is 8.50. The minimum Gasteiger partial charge on any atom is -0.492 e. The summed E-state index contributed by atoms with van der Waals surface area (Å²) in [5.74, 6) is 1.06. The summed E-state index contributed by atoms with van der Waals surface area (Å²) in [6, 6.07) is 9.16. The number of nitrogens with one attached hydrogen (secondary N) is 1. The highest BCUT2D eigenvalue weighted by atomic mass is 16.5. The molecule has 0 atom stereocenters. The molecule has 2 heterocycles. The lowest BCUT2D eigenvalue weighted by Gasteiger charge is -2.32. The molecule has 136 valence electrons. The van der Waals surface area contributed by atoms with Gasteiger partial charge in [0.1, 0.15) is 23.6 Å². The maximum absolute atomic E-state index is 12.6. The van der Waals surface area contributed by atoms with Crippen LogP contribution in [-0.4, -0.2) is 64.9 Å². The number of ether oxygens (including phenoxy) is 1. The zero-order valence-electron chi connectivity index (χ0n) is 14.6. The average Bonchev–Trinajstić information content (AvgIpc) is 2.69. The smallest absolute Gasteiger partial charge is 0.272 e. The van der Waals surface area contributed by atoms with E-state index in [1.54, 1.807) is 15.9 Å². The number of hydrogen-bond acceptors (Lipinski definition) is 6. The summed E-state index contributed by atoms with van der Waals surface area (Å²) in [6.07, 6.45) is 2.17. The van der Waals surface area contributed by atoms with E-state index >= 15 is 0 Å². The van der Waals surface area contributed by atoms with E-state index in [-0.39, 0.29) is 5.91 Å². The lowest BCUT2D eigenvalue weighted by atomic mass is 10.2. The van der Waals surface area contributed by atoms with Crippen LogP contribution in [0.3, 0.4) is 0 Å². The van der Waals surface area contributed by atoms with E-state index in [4.69, 9.17) is 4.74 Å². The minimum atomic E-state index is -0.168. The topological polar surface area (TPSA) is 87.7 Å². The van der Waals surface area contributed by atoms with Crippen molar-refractivity contribution in [3.05, 3.63) is 42.4 Å². The van der Waals surface area contributed by atoms with E-state index in [1.165, 1.54) is 6.33 Å². The molecule has 8 heteroatoms. The van der Waals surface area contributed by atoms with Crippen LogP contribution in [0.5, 0.6) is 5.75 Å². The van der Waals surface area contributed by atoms with Crippen LogP contribution in [0.15, 0.2) is 36.7 Å². The third-order valence-corrected chi connectivity index (χ3v) is 4.09. The average molecular weight is 355 g/mol. The second kappa shape index (κ2) is 8.28. The molecule has 2 aromatic rings. The number of carbonyl (C=O) groups is 2. The molecule has 1 aromatic heterocycles. The molecule has 1 aliphatic rings. The van der Waals surface area contributed by atoms with Crippen molar-refractivity contribution in [2.24, 2.45) is 0 Å². The van der Waals surface area contributed by atoms with E-state index in [9.17, 15) is 9.59 Å². The number of piperazine rings is 1. The third kappa shape index (κ3) is 4.08. The Morgan fingerprint density at radius 3 is 2.73 bits per heavy atom. The number of rotatable bonds is 6. The van der Waals surface area contributed by atoms with Crippen molar-refractivity contribution in [3.8, 4) is 5.75 Å². The van der Waals surface area contributed by atoms with Crippen LogP contribution in [-0.2, 0) is 4.79 Å². The van der Waals surface area contributed by atoms with Crippen molar-refractivity contribution in [2.45, 2.75) is 6.92 Å². The fraction of sp³-hybridized carbons (Fsp3) is 0.333. The number of para-hydroxylation sites is 2. The maximum atomic E-state index is 12.6. The summed E-state index contributed by atoms with van der Waals surface area (Å²) in [5, 5.41) is 3.17. The zero-order valence-corrected chi connectivity index (χ0v) is 14.6. The monoisotopic (exact) mass is 355 g/mol. The van der Waals surface area contributed by atoms with Gasteiger partial charge < -0.3 is 19.9 Å². The molecule has 0 saturated carbocycles. The predicted molar refractivity (Wildman–Crippen MR) is 96.5 cm³/mol. The van der Waals surface area contributed by atoms with Crippen LogP contribution in [0.2, 0.25) is 0 Å². The largest absolute Gasteiger partial charge is 0.492 e. The lowest BCUT2D eigenvalue weighted by molar-refractivity contribution is -0.119. The predicted octanol–water partition coefficient (Wildman–Crippen LogP) is 1.53. The number of hydrogen-bond donors (Lipinski definition) is 1. The number of carbonyl (C=O) groups excluding carboxylic acids is 2. The molecule has 0 radical (unpaired) electrons. The molecule has 1 aromatic carbocycles. The van der Waals surface area contributed by atoms with Crippen molar-refractivity contribution in [1.82, 2.24) is 19.8 Å².